The minimum Gasteiger partial charge on any atom is -0.447 e. The Morgan fingerprint density at radius 1 is 1.29 bits per heavy atom. The van der Waals surface area contributed by atoms with Crippen molar-refractivity contribution in [2.24, 2.45) is 0 Å². The van der Waals surface area contributed by atoms with Crippen molar-refractivity contribution in [2.45, 2.75) is 17.0 Å². The zero-order chi connectivity index (χ0) is 15.9. The van der Waals surface area contributed by atoms with Gasteiger partial charge in [-0.05, 0) is 18.6 Å². The second kappa shape index (κ2) is 5.89. The van der Waals surface area contributed by atoms with Crippen molar-refractivity contribution in [3.63, 3.8) is 0 Å². The molecule has 1 aromatic carbocycles. The number of hydrogen-bond donors (Lipinski definition) is 0. The second-order valence-corrected chi connectivity index (χ2v) is 7.43. The van der Waals surface area contributed by atoms with E-state index in [2.05, 4.69) is 0 Å². The zero-order valence-electron chi connectivity index (χ0n) is 10.2. The molecule has 0 amide bonds. The highest BCUT2D eigenvalue weighted by Crippen LogP contribution is 2.47. The van der Waals surface area contributed by atoms with Gasteiger partial charge >= 0.3 is 5.69 Å². The number of benzene rings is 1. The van der Waals surface area contributed by atoms with Crippen LogP contribution in [0.4, 0.5) is 5.69 Å². The predicted octanol–water partition coefficient (Wildman–Crippen LogP) is 5.11. The maximum atomic E-state index is 11.2. The summed E-state index contributed by atoms with van der Waals surface area (Å²) in [5, 5.41) is 11.2. The summed E-state index contributed by atoms with van der Waals surface area (Å²) in [5.74, 6) is -0.176. The molecule has 1 aliphatic heterocycles. The molecule has 1 heterocycles. The lowest BCUT2D eigenvalue weighted by molar-refractivity contribution is -0.386. The number of nitrogens with zero attached hydrogens (tertiary/aromatic N) is 1. The Balaban J connectivity index is 2.70. The van der Waals surface area contributed by atoms with Gasteiger partial charge in [-0.25, -0.2) is 0 Å². The number of ether oxygens (including phenoxy) is 2. The summed E-state index contributed by atoms with van der Waals surface area (Å²) in [5.41, 5.74) is 0.499. The third-order valence-electron chi connectivity index (χ3n) is 2.54. The fourth-order valence-electron chi connectivity index (χ4n) is 1.76. The lowest BCUT2D eigenvalue weighted by Gasteiger charge is -2.32. The molecule has 0 saturated heterocycles. The molecule has 1 aromatic rings. The van der Waals surface area contributed by atoms with Crippen LogP contribution < -0.4 is 4.74 Å². The van der Waals surface area contributed by atoms with Crippen LogP contribution in [0.3, 0.4) is 0 Å². The largest absolute Gasteiger partial charge is 0.447 e. The van der Waals surface area contributed by atoms with Gasteiger partial charge in [-0.1, -0.05) is 58.0 Å². The van der Waals surface area contributed by atoms with E-state index in [1.807, 2.05) is 0 Å². The highest BCUT2D eigenvalue weighted by Gasteiger charge is 2.44. The maximum absolute atomic E-state index is 11.2. The molecule has 0 fully saturated rings. The van der Waals surface area contributed by atoms with Crippen LogP contribution in [0.1, 0.15) is 11.1 Å². The first-order valence-corrected chi connectivity index (χ1v) is 7.25. The molecule has 0 aliphatic carbocycles. The highest BCUT2D eigenvalue weighted by atomic mass is 35.6. The van der Waals surface area contributed by atoms with Crippen molar-refractivity contribution in [1.29, 1.82) is 0 Å². The molecule has 1 unspecified atom stereocenters. The number of nitro groups is 1. The molecule has 10 heteroatoms. The fourth-order valence-corrected chi connectivity index (χ4v) is 2.32. The molecule has 0 bridgehead atoms. The van der Waals surface area contributed by atoms with E-state index in [0.29, 0.717) is 5.56 Å². The fraction of sp³-hybridized carbons (Fsp3) is 0.273. The molecule has 1 atom stereocenters. The molecule has 0 N–H and O–H groups in total. The smallest absolute Gasteiger partial charge is 0.312 e. The Hall–Kier alpha value is -0.590. The van der Waals surface area contributed by atoms with E-state index in [0.717, 1.165) is 0 Å². The first-order chi connectivity index (χ1) is 9.61. The molecular formula is C11H6Cl5NO4. The van der Waals surface area contributed by atoms with Crippen LogP contribution in [0, 0.1) is 17.0 Å². The minimum absolute atomic E-state index is 0.0530. The van der Waals surface area contributed by atoms with Crippen LogP contribution >= 0.6 is 58.0 Å². The monoisotopic (exact) mass is 391 g/mol. The third-order valence-corrected chi connectivity index (χ3v) is 3.42. The van der Waals surface area contributed by atoms with Gasteiger partial charge in [-0.2, -0.15) is 0 Å². The summed E-state index contributed by atoms with van der Waals surface area (Å²) < 4.78 is 8.36. The van der Waals surface area contributed by atoms with Gasteiger partial charge in [0.25, 0.3) is 10.1 Å². The zero-order valence-corrected chi connectivity index (χ0v) is 14.0. The molecule has 0 spiro atoms. The quantitative estimate of drug-likeness (QED) is 0.378. The van der Waals surface area contributed by atoms with Crippen molar-refractivity contribution in [3.05, 3.63) is 37.9 Å². The normalized spacial score (nSPS) is 17.6. The topological polar surface area (TPSA) is 61.6 Å². The summed E-state index contributed by atoms with van der Waals surface area (Å²) in [6.07, 6.45) is -1.43. The van der Waals surface area contributed by atoms with Crippen LogP contribution in [0.5, 0.6) is 5.75 Å². The van der Waals surface area contributed by atoms with Gasteiger partial charge < -0.3 is 9.47 Å². The molecule has 5 nitrogen and oxygen atoms in total. The average molecular weight is 393 g/mol. The average Bonchev–Trinajstić information content (AvgIpc) is 2.34. The van der Waals surface area contributed by atoms with Gasteiger partial charge in [-0.3, -0.25) is 10.1 Å². The number of fused-ring (bicyclic) bond motifs is 1. The van der Waals surface area contributed by atoms with Crippen molar-refractivity contribution < 1.29 is 14.4 Å². The third kappa shape index (κ3) is 3.43. The first kappa shape index (κ1) is 16.8. The Kier molecular flexibility index (Phi) is 4.71. The summed E-state index contributed by atoms with van der Waals surface area (Å²) in [6, 6.07) is 2.89. The standard InChI is InChI=1S/C11H6Cl5NO4/c1-4-2-5-7(6(3-4)17(18)19)20-10(11(14,15)16)21-8(5)9(12)13/h2-3,10H,1H3. The number of halogens is 5. The van der Waals surface area contributed by atoms with Crippen LogP contribution in [0.2, 0.25) is 0 Å². The Labute approximate surface area is 144 Å². The van der Waals surface area contributed by atoms with Gasteiger partial charge in [0.2, 0.25) is 5.75 Å². The number of alkyl halides is 3. The van der Waals surface area contributed by atoms with E-state index in [9.17, 15) is 10.1 Å². The number of aryl methyl sites for hydroxylation is 1. The first-order valence-electron chi connectivity index (χ1n) is 5.36. The van der Waals surface area contributed by atoms with Crippen LogP contribution in [-0.2, 0) is 4.74 Å². The minimum atomic E-state index is -2.00. The SMILES string of the molecule is Cc1cc2c(c([N+](=O)[O-])c1)OC(C(Cl)(Cl)Cl)OC2=C(Cl)Cl. The number of nitro benzene ring substituents is 1. The summed E-state index contributed by atoms with van der Waals surface area (Å²) >= 11 is 28.6. The predicted molar refractivity (Wildman–Crippen MR) is 82.3 cm³/mol. The van der Waals surface area contributed by atoms with Crippen LogP contribution in [-0.4, -0.2) is 15.0 Å². The van der Waals surface area contributed by atoms with E-state index in [4.69, 9.17) is 67.5 Å². The molecule has 2 rings (SSSR count). The molecule has 0 radical (unpaired) electrons. The molecule has 114 valence electrons. The van der Waals surface area contributed by atoms with E-state index in [-0.39, 0.29) is 27.3 Å². The Bertz CT molecular complexity index is 636. The van der Waals surface area contributed by atoms with Crippen molar-refractivity contribution >= 4 is 69.5 Å². The van der Waals surface area contributed by atoms with Crippen molar-refractivity contribution in [3.8, 4) is 5.75 Å². The summed E-state index contributed by atoms with van der Waals surface area (Å²) in [6.45, 7) is 1.66. The van der Waals surface area contributed by atoms with Crippen LogP contribution in [0.25, 0.3) is 5.76 Å². The van der Waals surface area contributed by atoms with Crippen LogP contribution in [0.15, 0.2) is 16.6 Å². The Morgan fingerprint density at radius 2 is 1.90 bits per heavy atom. The van der Waals surface area contributed by atoms with E-state index in [1.54, 1.807) is 13.0 Å². The van der Waals surface area contributed by atoms with Crippen molar-refractivity contribution in [1.82, 2.24) is 0 Å². The molecule has 21 heavy (non-hydrogen) atoms. The number of hydrogen-bond acceptors (Lipinski definition) is 4. The molecule has 0 aromatic heterocycles. The molecule has 0 saturated carbocycles. The van der Waals surface area contributed by atoms with Gasteiger partial charge in [0, 0.05) is 6.07 Å². The summed E-state index contributed by atoms with van der Waals surface area (Å²) in [4.78, 5) is 10.5. The van der Waals surface area contributed by atoms with E-state index < -0.39 is 15.0 Å². The van der Waals surface area contributed by atoms with E-state index >= 15 is 0 Å². The van der Waals surface area contributed by atoms with E-state index in [1.165, 1.54) is 6.07 Å². The lowest BCUT2D eigenvalue weighted by Crippen LogP contribution is -2.37. The second-order valence-electron chi connectivity index (χ2n) is 4.12. The Morgan fingerprint density at radius 3 is 2.38 bits per heavy atom. The lowest BCUT2D eigenvalue weighted by atomic mass is 10.1. The van der Waals surface area contributed by atoms with Gasteiger partial charge in [0.1, 0.15) is 4.49 Å². The molecular weight excluding hydrogens is 387 g/mol. The maximum Gasteiger partial charge on any atom is 0.312 e. The van der Waals surface area contributed by atoms with Gasteiger partial charge in [-0.15, -0.1) is 0 Å². The van der Waals surface area contributed by atoms with Gasteiger partial charge in [0.15, 0.2) is 5.76 Å². The molecule has 1 aliphatic rings. The summed E-state index contributed by atoms with van der Waals surface area (Å²) in [7, 11) is 0. The number of rotatable bonds is 1. The van der Waals surface area contributed by atoms with Crippen molar-refractivity contribution in [2.75, 3.05) is 0 Å². The van der Waals surface area contributed by atoms with Gasteiger partial charge in [0.05, 0.1) is 10.5 Å². The highest BCUT2D eigenvalue weighted by molar-refractivity contribution is 6.68.